The van der Waals surface area contributed by atoms with Crippen LogP contribution in [0.1, 0.15) is 16.8 Å². The van der Waals surface area contributed by atoms with Gasteiger partial charge < -0.3 is 0 Å². The highest BCUT2D eigenvalue weighted by molar-refractivity contribution is 7.92. The van der Waals surface area contributed by atoms with Crippen LogP contribution in [0.4, 0.5) is 5.82 Å². The van der Waals surface area contributed by atoms with Gasteiger partial charge in [-0.25, -0.2) is 8.42 Å². The number of halogens is 1. The summed E-state index contributed by atoms with van der Waals surface area (Å²) in [5, 5.41) is 7.17. The van der Waals surface area contributed by atoms with Gasteiger partial charge in [-0.15, -0.1) is 0 Å². The molecule has 0 fully saturated rings. The molecule has 5 nitrogen and oxygen atoms in total. The minimum Gasteiger partial charge on any atom is -0.280 e. The van der Waals surface area contributed by atoms with E-state index in [2.05, 4.69) is 14.9 Å². The molecule has 1 heterocycles. The molecule has 0 radical (unpaired) electrons. The molecule has 0 aliphatic heterocycles. The van der Waals surface area contributed by atoms with Crippen LogP contribution in [-0.2, 0) is 10.0 Å². The monoisotopic (exact) mass is 299 g/mol. The highest BCUT2D eigenvalue weighted by Crippen LogP contribution is 2.23. The third-order valence-electron chi connectivity index (χ3n) is 2.91. The third-order valence-corrected chi connectivity index (χ3v) is 4.64. The van der Waals surface area contributed by atoms with Crippen LogP contribution in [0.2, 0.25) is 5.02 Å². The molecule has 2 N–H and O–H groups in total. The Kier molecular flexibility index (Phi) is 3.56. The predicted octanol–water partition coefficient (Wildman–Crippen LogP) is 2.79. The first-order chi connectivity index (χ1) is 8.81. The number of sulfonamides is 1. The molecule has 0 bridgehead atoms. The molecule has 0 atom stereocenters. The molecular formula is C12H14ClN3O2S. The molecule has 2 aromatic rings. The van der Waals surface area contributed by atoms with Crippen molar-refractivity contribution in [3.63, 3.8) is 0 Å². The van der Waals surface area contributed by atoms with Crippen molar-refractivity contribution in [1.82, 2.24) is 10.2 Å². The molecule has 2 rings (SSSR count). The molecule has 1 aromatic carbocycles. The fraction of sp³-hybridized carbons (Fsp3) is 0.250. The van der Waals surface area contributed by atoms with Crippen molar-refractivity contribution >= 4 is 27.4 Å². The molecule has 0 spiro atoms. The van der Waals surface area contributed by atoms with Crippen LogP contribution in [0.15, 0.2) is 23.1 Å². The van der Waals surface area contributed by atoms with Gasteiger partial charge in [-0.3, -0.25) is 9.82 Å². The fourth-order valence-electron chi connectivity index (χ4n) is 1.68. The number of benzene rings is 1. The molecule has 0 aliphatic carbocycles. The van der Waals surface area contributed by atoms with Crippen molar-refractivity contribution in [1.29, 1.82) is 0 Å². The van der Waals surface area contributed by atoms with Crippen LogP contribution < -0.4 is 4.72 Å². The maximum atomic E-state index is 12.3. The van der Waals surface area contributed by atoms with Gasteiger partial charge in [-0.1, -0.05) is 11.6 Å². The fourth-order valence-corrected chi connectivity index (χ4v) is 3.20. The van der Waals surface area contributed by atoms with E-state index in [9.17, 15) is 8.42 Å². The van der Waals surface area contributed by atoms with Crippen LogP contribution in [-0.4, -0.2) is 18.6 Å². The summed E-state index contributed by atoms with van der Waals surface area (Å²) >= 11 is 5.82. The Hall–Kier alpha value is -1.53. The number of anilines is 1. The maximum Gasteiger partial charge on any atom is 0.263 e. The van der Waals surface area contributed by atoms with Crippen molar-refractivity contribution < 1.29 is 8.42 Å². The molecule has 0 amide bonds. The van der Waals surface area contributed by atoms with E-state index < -0.39 is 10.0 Å². The van der Waals surface area contributed by atoms with Gasteiger partial charge in [-0.2, -0.15) is 5.10 Å². The summed E-state index contributed by atoms with van der Waals surface area (Å²) in [7, 11) is -3.66. The topological polar surface area (TPSA) is 74.8 Å². The van der Waals surface area contributed by atoms with Gasteiger partial charge in [0.2, 0.25) is 0 Å². The summed E-state index contributed by atoms with van der Waals surface area (Å²) in [6, 6.07) is 4.64. The van der Waals surface area contributed by atoms with Gasteiger partial charge in [0.1, 0.15) is 0 Å². The zero-order chi connectivity index (χ0) is 14.2. The Bertz CT molecular complexity index is 723. The largest absolute Gasteiger partial charge is 0.280 e. The SMILES string of the molecule is Cc1cc(Cl)ccc1S(=O)(=O)Nc1n[nH]c(C)c1C. The zero-order valence-electron chi connectivity index (χ0n) is 10.8. The van der Waals surface area contributed by atoms with Crippen molar-refractivity contribution in [3.8, 4) is 0 Å². The third kappa shape index (κ3) is 2.74. The number of hydrogen-bond acceptors (Lipinski definition) is 3. The average Bonchev–Trinajstić information content (AvgIpc) is 2.60. The summed E-state index contributed by atoms with van der Waals surface area (Å²) in [5.74, 6) is 0.312. The van der Waals surface area contributed by atoms with Gasteiger partial charge in [0.25, 0.3) is 10.0 Å². The van der Waals surface area contributed by atoms with Crippen LogP contribution in [0.25, 0.3) is 0 Å². The number of aromatic amines is 1. The van der Waals surface area contributed by atoms with Crippen LogP contribution in [0, 0.1) is 20.8 Å². The first kappa shape index (κ1) is 13.9. The Balaban J connectivity index is 2.41. The van der Waals surface area contributed by atoms with Crippen molar-refractivity contribution in [2.24, 2.45) is 0 Å². The lowest BCUT2D eigenvalue weighted by molar-refractivity contribution is 0.600. The lowest BCUT2D eigenvalue weighted by Crippen LogP contribution is -2.15. The van der Waals surface area contributed by atoms with Gasteiger partial charge in [0.15, 0.2) is 5.82 Å². The molecule has 0 saturated carbocycles. The number of nitrogens with one attached hydrogen (secondary N) is 2. The Labute approximate surface area is 117 Å². The van der Waals surface area contributed by atoms with Crippen molar-refractivity contribution in [3.05, 3.63) is 40.0 Å². The highest BCUT2D eigenvalue weighted by Gasteiger charge is 2.19. The standard InChI is InChI=1S/C12H14ClN3O2S/c1-7-6-10(13)4-5-11(7)19(17,18)16-12-8(2)9(3)14-15-12/h4-6H,1-3H3,(H2,14,15,16). The number of aryl methyl sites for hydroxylation is 2. The van der Waals surface area contributed by atoms with Gasteiger partial charge >= 0.3 is 0 Å². The molecular weight excluding hydrogens is 286 g/mol. The van der Waals surface area contributed by atoms with Crippen molar-refractivity contribution in [2.75, 3.05) is 4.72 Å². The van der Waals surface area contributed by atoms with E-state index in [1.807, 2.05) is 6.92 Å². The normalized spacial score (nSPS) is 11.6. The summed E-state index contributed by atoms with van der Waals surface area (Å²) in [5.41, 5.74) is 2.19. The molecule has 1 aromatic heterocycles. The summed E-state index contributed by atoms with van der Waals surface area (Å²) in [4.78, 5) is 0.192. The summed E-state index contributed by atoms with van der Waals surface area (Å²) < 4.78 is 27.0. The van der Waals surface area contributed by atoms with Crippen LogP contribution in [0.5, 0.6) is 0 Å². The highest BCUT2D eigenvalue weighted by atomic mass is 35.5. The average molecular weight is 300 g/mol. The van der Waals surface area contributed by atoms with Gasteiger partial charge in [-0.05, 0) is 44.5 Å². The molecule has 0 aliphatic rings. The van der Waals surface area contributed by atoms with Gasteiger partial charge in [0, 0.05) is 16.3 Å². The predicted molar refractivity (Wildman–Crippen MR) is 75.1 cm³/mol. The molecule has 0 unspecified atom stereocenters. The van der Waals surface area contributed by atoms with E-state index in [0.29, 0.717) is 16.4 Å². The second-order valence-corrected chi connectivity index (χ2v) is 6.42. The Morgan fingerprint density at radius 3 is 2.47 bits per heavy atom. The number of H-pyrrole nitrogens is 1. The summed E-state index contributed by atoms with van der Waals surface area (Å²) in [6.45, 7) is 5.32. The lowest BCUT2D eigenvalue weighted by Gasteiger charge is -2.09. The molecule has 19 heavy (non-hydrogen) atoms. The number of nitrogens with zero attached hydrogens (tertiary/aromatic N) is 1. The quantitative estimate of drug-likeness (QED) is 0.915. The summed E-state index contributed by atoms with van der Waals surface area (Å²) in [6.07, 6.45) is 0. The maximum absolute atomic E-state index is 12.3. The van der Waals surface area contributed by atoms with Gasteiger partial charge in [0.05, 0.1) is 4.90 Å². The molecule has 7 heteroatoms. The molecule has 102 valence electrons. The van der Waals surface area contributed by atoms with E-state index in [4.69, 9.17) is 11.6 Å². The van der Waals surface area contributed by atoms with E-state index in [1.165, 1.54) is 6.07 Å². The van der Waals surface area contributed by atoms with E-state index >= 15 is 0 Å². The van der Waals surface area contributed by atoms with E-state index in [0.717, 1.165) is 11.3 Å². The van der Waals surface area contributed by atoms with E-state index in [1.54, 1.807) is 26.0 Å². The first-order valence-electron chi connectivity index (χ1n) is 5.62. The minimum atomic E-state index is -3.66. The van der Waals surface area contributed by atoms with Crippen LogP contribution in [0.3, 0.4) is 0 Å². The molecule has 0 saturated heterocycles. The smallest absolute Gasteiger partial charge is 0.263 e. The number of aromatic nitrogens is 2. The number of hydrogen-bond donors (Lipinski definition) is 2. The second kappa shape index (κ2) is 4.86. The van der Waals surface area contributed by atoms with Crippen LogP contribution >= 0.6 is 11.6 Å². The zero-order valence-corrected chi connectivity index (χ0v) is 12.4. The van der Waals surface area contributed by atoms with Crippen molar-refractivity contribution in [2.45, 2.75) is 25.7 Å². The minimum absolute atomic E-state index is 0.192. The number of rotatable bonds is 3. The first-order valence-corrected chi connectivity index (χ1v) is 7.48. The Morgan fingerprint density at radius 1 is 1.26 bits per heavy atom. The lowest BCUT2D eigenvalue weighted by atomic mass is 10.2. The van der Waals surface area contributed by atoms with E-state index in [-0.39, 0.29) is 4.90 Å². The Morgan fingerprint density at radius 2 is 1.95 bits per heavy atom. The second-order valence-electron chi connectivity index (χ2n) is 4.34.